The number of piperidine rings is 1. The SMILES string of the molecule is CCc1nnc(N2CCCC(CC)C2)c(C#N)c1CC. The van der Waals surface area contributed by atoms with Crippen LogP contribution in [-0.2, 0) is 12.8 Å². The van der Waals surface area contributed by atoms with Crippen molar-refractivity contribution in [2.75, 3.05) is 18.0 Å². The van der Waals surface area contributed by atoms with Gasteiger partial charge in [0, 0.05) is 13.1 Å². The quantitative estimate of drug-likeness (QED) is 0.845. The van der Waals surface area contributed by atoms with Crippen molar-refractivity contribution in [3.63, 3.8) is 0 Å². The van der Waals surface area contributed by atoms with Crippen molar-refractivity contribution >= 4 is 5.82 Å². The Hall–Kier alpha value is -1.63. The molecule has 1 aliphatic heterocycles. The first-order valence-electron chi connectivity index (χ1n) is 7.78. The van der Waals surface area contributed by atoms with Gasteiger partial charge in [0.1, 0.15) is 11.6 Å². The summed E-state index contributed by atoms with van der Waals surface area (Å²) in [4.78, 5) is 2.27. The highest BCUT2D eigenvalue weighted by atomic mass is 15.3. The standard InChI is InChI=1S/C16H24N4/c1-4-12-8-7-9-20(11-12)16-14(10-17)13(5-2)15(6-3)18-19-16/h12H,4-9,11H2,1-3H3. The number of rotatable bonds is 4. The van der Waals surface area contributed by atoms with Gasteiger partial charge in [-0.15, -0.1) is 5.10 Å². The Morgan fingerprint density at radius 1 is 1.25 bits per heavy atom. The van der Waals surface area contributed by atoms with E-state index in [1.54, 1.807) is 0 Å². The molecular weight excluding hydrogens is 248 g/mol. The third-order valence-corrected chi connectivity index (χ3v) is 4.34. The summed E-state index contributed by atoms with van der Waals surface area (Å²) >= 11 is 0. The van der Waals surface area contributed by atoms with Gasteiger partial charge in [-0.25, -0.2) is 0 Å². The van der Waals surface area contributed by atoms with Crippen molar-refractivity contribution in [2.24, 2.45) is 5.92 Å². The van der Waals surface area contributed by atoms with Crippen LogP contribution in [0.25, 0.3) is 0 Å². The van der Waals surface area contributed by atoms with E-state index in [2.05, 4.69) is 41.9 Å². The van der Waals surface area contributed by atoms with Crippen LogP contribution in [0.4, 0.5) is 5.82 Å². The Morgan fingerprint density at radius 2 is 2.05 bits per heavy atom. The zero-order chi connectivity index (χ0) is 14.5. The van der Waals surface area contributed by atoms with Gasteiger partial charge in [0.25, 0.3) is 0 Å². The van der Waals surface area contributed by atoms with Crippen LogP contribution in [-0.4, -0.2) is 23.3 Å². The molecule has 1 atom stereocenters. The molecule has 1 aromatic rings. The minimum Gasteiger partial charge on any atom is -0.354 e. The Labute approximate surface area is 121 Å². The molecule has 4 nitrogen and oxygen atoms in total. The predicted octanol–water partition coefficient (Wildman–Crippen LogP) is 3.10. The lowest BCUT2D eigenvalue weighted by molar-refractivity contribution is 0.402. The number of hydrogen-bond donors (Lipinski definition) is 0. The van der Waals surface area contributed by atoms with Crippen molar-refractivity contribution in [2.45, 2.75) is 52.9 Å². The summed E-state index contributed by atoms with van der Waals surface area (Å²) in [5, 5.41) is 18.3. The van der Waals surface area contributed by atoms with Gasteiger partial charge in [-0.2, -0.15) is 10.4 Å². The van der Waals surface area contributed by atoms with Gasteiger partial charge in [-0.3, -0.25) is 0 Å². The lowest BCUT2D eigenvalue weighted by atomic mass is 9.95. The number of nitrogens with zero attached hydrogens (tertiary/aromatic N) is 4. The third kappa shape index (κ3) is 2.77. The normalized spacial score (nSPS) is 18.9. The molecule has 4 heteroatoms. The minimum absolute atomic E-state index is 0.716. The molecule has 1 aromatic heterocycles. The van der Waals surface area contributed by atoms with Gasteiger partial charge in [0.2, 0.25) is 0 Å². The highest BCUT2D eigenvalue weighted by molar-refractivity contribution is 5.58. The highest BCUT2D eigenvalue weighted by Gasteiger charge is 2.24. The zero-order valence-electron chi connectivity index (χ0n) is 12.8. The smallest absolute Gasteiger partial charge is 0.169 e. The zero-order valence-corrected chi connectivity index (χ0v) is 12.8. The largest absolute Gasteiger partial charge is 0.354 e. The second kappa shape index (κ2) is 6.69. The summed E-state index contributed by atoms with van der Waals surface area (Å²) in [6.07, 6.45) is 5.35. The molecule has 0 radical (unpaired) electrons. The summed E-state index contributed by atoms with van der Waals surface area (Å²) in [6.45, 7) is 8.40. The summed E-state index contributed by atoms with van der Waals surface area (Å²) < 4.78 is 0. The topological polar surface area (TPSA) is 52.8 Å². The first-order chi connectivity index (χ1) is 9.74. The van der Waals surface area contributed by atoms with E-state index in [1.165, 1.54) is 19.3 Å². The summed E-state index contributed by atoms with van der Waals surface area (Å²) in [6, 6.07) is 2.38. The maximum Gasteiger partial charge on any atom is 0.169 e. The second-order valence-electron chi connectivity index (χ2n) is 5.51. The summed E-state index contributed by atoms with van der Waals surface area (Å²) in [5.74, 6) is 1.52. The monoisotopic (exact) mass is 272 g/mol. The van der Waals surface area contributed by atoms with Gasteiger partial charge in [-0.1, -0.05) is 27.2 Å². The van der Waals surface area contributed by atoms with E-state index in [0.717, 1.165) is 48.6 Å². The van der Waals surface area contributed by atoms with Gasteiger partial charge < -0.3 is 4.90 Å². The minimum atomic E-state index is 0.716. The molecule has 0 amide bonds. The summed E-state index contributed by atoms with van der Waals surface area (Å²) in [5.41, 5.74) is 2.80. The molecule has 0 N–H and O–H groups in total. The Bertz CT molecular complexity index is 504. The molecule has 0 aliphatic carbocycles. The molecule has 0 aromatic carbocycles. The molecule has 0 saturated carbocycles. The van der Waals surface area contributed by atoms with E-state index in [1.807, 2.05) is 0 Å². The van der Waals surface area contributed by atoms with E-state index in [9.17, 15) is 5.26 Å². The van der Waals surface area contributed by atoms with Gasteiger partial charge in [-0.05, 0) is 37.2 Å². The molecule has 20 heavy (non-hydrogen) atoms. The number of hydrogen-bond acceptors (Lipinski definition) is 4. The molecule has 2 rings (SSSR count). The van der Waals surface area contributed by atoms with E-state index < -0.39 is 0 Å². The van der Waals surface area contributed by atoms with Crippen molar-refractivity contribution in [1.29, 1.82) is 5.26 Å². The first-order valence-corrected chi connectivity index (χ1v) is 7.78. The Balaban J connectivity index is 2.39. The number of aryl methyl sites for hydroxylation is 1. The van der Waals surface area contributed by atoms with Crippen LogP contribution in [0.1, 0.15) is 56.9 Å². The van der Waals surface area contributed by atoms with Crippen molar-refractivity contribution in [1.82, 2.24) is 10.2 Å². The average Bonchev–Trinajstić information content (AvgIpc) is 2.53. The second-order valence-corrected chi connectivity index (χ2v) is 5.51. The molecule has 0 spiro atoms. The number of aromatic nitrogens is 2. The lowest BCUT2D eigenvalue weighted by Gasteiger charge is -2.33. The van der Waals surface area contributed by atoms with Gasteiger partial charge in [0.05, 0.1) is 5.69 Å². The van der Waals surface area contributed by atoms with E-state index in [4.69, 9.17) is 0 Å². The maximum absolute atomic E-state index is 9.56. The number of nitriles is 1. The fraction of sp³-hybridized carbons (Fsp3) is 0.688. The summed E-state index contributed by atoms with van der Waals surface area (Å²) in [7, 11) is 0. The van der Waals surface area contributed by atoms with E-state index in [0.29, 0.717) is 5.92 Å². The Kier molecular flexibility index (Phi) is 4.94. The van der Waals surface area contributed by atoms with Crippen molar-refractivity contribution in [3.05, 3.63) is 16.8 Å². The van der Waals surface area contributed by atoms with Crippen LogP contribution in [0.2, 0.25) is 0 Å². The van der Waals surface area contributed by atoms with Crippen LogP contribution in [0.3, 0.4) is 0 Å². The highest BCUT2D eigenvalue weighted by Crippen LogP contribution is 2.28. The molecule has 2 heterocycles. The molecule has 0 bridgehead atoms. The van der Waals surface area contributed by atoms with Crippen LogP contribution >= 0.6 is 0 Å². The van der Waals surface area contributed by atoms with Crippen LogP contribution < -0.4 is 4.90 Å². The Morgan fingerprint density at radius 3 is 2.65 bits per heavy atom. The molecule has 1 unspecified atom stereocenters. The fourth-order valence-corrected chi connectivity index (χ4v) is 3.09. The molecule has 1 aliphatic rings. The van der Waals surface area contributed by atoms with Crippen molar-refractivity contribution in [3.8, 4) is 6.07 Å². The lowest BCUT2D eigenvalue weighted by Crippen LogP contribution is -2.36. The molecule has 1 fully saturated rings. The predicted molar refractivity (Wildman–Crippen MR) is 80.7 cm³/mol. The number of anilines is 1. The average molecular weight is 272 g/mol. The van der Waals surface area contributed by atoms with Crippen LogP contribution in [0.5, 0.6) is 0 Å². The van der Waals surface area contributed by atoms with Crippen LogP contribution in [0, 0.1) is 17.2 Å². The van der Waals surface area contributed by atoms with Crippen molar-refractivity contribution < 1.29 is 0 Å². The van der Waals surface area contributed by atoms with E-state index >= 15 is 0 Å². The molecule has 1 saturated heterocycles. The third-order valence-electron chi connectivity index (χ3n) is 4.34. The molecule has 108 valence electrons. The maximum atomic E-state index is 9.56. The van der Waals surface area contributed by atoms with Crippen LogP contribution in [0.15, 0.2) is 0 Å². The fourth-order valence-electron chi connectivity index (χ4n) is 3.09. The first kappa shape index (κ1) is 14.8. The van der Waals surface area contributed by atoms with Gasteiger partial charge in [0.15, 0.2) is 5.82 Å². The van der Waals surface area contributed by atoms with Gasteiger partial charge >= 0.3 is 0 Å². The van der Waals surface area contributed by atoms with E-state index in [-0.39, 0.29) is 0 Å². The molecular formula is C16H24N4.